The summed E-state index contributed by atoms with van der Waals surface area (Å²) in [5, 5.41) is 0. The molecule has 0 bridgehead atoms. The highest BCUT2D eigenvalue weighted by atomic mass is 79.9. The first-order valence-electron chi connectivity index (χ1n) is 7.62. The lowest BCUT2D eigenvalue weighted by Gasteiger charge is -2.25. The fourth-order valence-corrected chi connectivity index (χ4v) is 4.05. The van der Waals surface area contributed by atoms with Crippen molar-refractivity contribution in [2.75, 3.05) is 0 Å². The van der Waals surface area contributed by atoms with Gasteiger partial charge in [-0.05, 0) is 30.7 Å². The van der Waals surface area contributed by atoms with E-state index in [0.29, 0.717) is 0 Å². The Balaban J connectivity index is 1.78. The van der Waals surface area contributed by atoms with E-state index in [1.165, 1.54) is 5.56 Å². The number of hydrogen-bond donors (Lipinski definition) is 0. The van der Waals surface area contributed by atoms with Gasteiger partial charge in [0, 0.05) is 15.6 Å². The lowest BCUT2D eigenvalue weighted by Crippen LogP contribution is -2.26. The number of halogens is 1. The predicted molar refractivity (Wildman–Crippen MR) is 92.7 cm³/mol. The Morgan fingerprint density at radius 2 is 1.91 bits per heavy atom. The molecule has 1 spiro atoms. The minimum absolute atomic E-state index is 0.303. The summed E-state index contributed by atoms with van der Waals surface area (Å²) in [6.07, 6.45) is 7.16. The Morgan fingerprint density at radius 3 is 2.83 bits per heavy atom. The zero-order chi connectivity index (χ0) is 15.4. The normalized spacial score (nSPS) is 23.6. The fourth-order valence-electron chi connectivity index (χ4n) is 3.66. The summed E-state index contributed by atoms with van der Waals surface area (Å²) in [6.45, 7) is 0. The molecule has 1 unspecified atom stereocenters. The van der Waals surface area contributed by atoms with E-state index in [2.05, 4.69) is 58.4 Å². The Kier molecular flexibility index (Phi) is 2.65. The third-order valence-corrected chi connectivity index (χ3v) is 5.17. The molecule has 2 aromatic rings. The highest BCUT2D eigenvalue weighted by Gasteiger charge is 2.56. The lowest BCUT2D eigenvalue weighted by molar-refractivity contribution is 0.338. The zero-order valence-corrected chi connectivity index (χ0v) is 13.8. The molecule has 112 valence electrons. The van der Waals surface area contributed by atoms with Crippen LogP contribution in [0.3, 0.4) is 0 Å². The van der Waals surface area contributed by atoms with Crippen LogP contribution in [0.15, 0.2) is 82.8 Å². The molecule has 23 heavy (non-hydrogen) atoms. The summed E-state index contributed by atoms with van der Waals surface area (Å²) in [5.41, 5.74) is 1.91. The Hall–Kier alpha value is -2.26. The van der Waals surface area contributed by atoms with Crippen molar-refractivity contribution in [1.29, 1.82) is 0 Å². The van der Waals surface area contributed by atoms with E-state index in [4.69, 9.17) is 9.47 Å². The van der Waals surface area contributed by atoms with Gasteiger partial charge in [0.05, 0.1) is 0 Å². The third-order valence-electron chi connectivity index (χ3n) is 4.68. The van der Waals surface area contributed by atoms with Crippen LogP contribution in [0, 0.1) is 0 Å². The van der Waals surface area contributed by atoms with Crippen LogP contribution in [-0.2, 0) is 10.2 Å². The van der Waals surface area contributed by atoms with E-state index in [1.54, 1.807) is 0 Å². The summed E-state index contributed by atoms with van der Waals surface area (Å²) in [5.74, 6) is 3.61. The highest BCUT2D eigenvalue weighted by molar-refractivity contribution is 9.10. The molecule has 1 aliphatic carbocycles. The number of fused-ring (bicyclic) bond motifs is 1. The van der Waals surface area contributed by atoms with Gasteiger partial charge in [-0.1, -0.05) is 58.4 Å². The van der Waals surface area contributed by atoms with Gasteiger partial charge in [-0.3, -0.25) is 0 Å². The topological polar surface area (TPSA) is 18.5 Å². The molecule has 0 saturated carbocycles. The van der Waals surface area contributed by atoms with Gasteiger partial charge in [-0.15, -0.1) is 0 Å². The number of para-hydroxylation sites is 1. The van der Waals surface area contributed by atoms with Crippen molar-refractivity contribution < 1.29 is 9.47 Å². The van der Waals surface area contributed by atoms with E-state index in [1.807, 2.05) is 24.3 Å². The number of rotatable bonds is 1. The lowest BCUT2D eigenvalue weighted by atomic mass is 9.74. The summed E-state index contributed by atoms with van der Waals surface area (Å²) < 4.78 is 13.6. The van der Waals surface area contributed by atoms with Crippen molar-refractivity contribution >= 4 is 21.7 Å². The Bertz CT molecular complexity index is 923. The molecule has 5 rings (SSSR count). The zero-order valence-electron chi connectivity index (χ0n) is 12.3. The molecule has 2 nitrogen and oxygen atoms in total. The van der Waals surface area contributed by atoms with Gasteiger partial charge in [0.15, 0.2) is 11.5 Å². The van der Waals surface area contributed by atoms with Crippen LogP contribution in [0.25, 0.3) is 5.76 Å². The van der Waals surface area contributed by atoms with Gasteiger partial charge in [0.1, 0.15) is 16.9 Å². The summed E-state index contributed by atoms with van der Waals surface area (Å²) in [4.78, 5) is 0. The van der Waals surface area contributed by atoms with Gasteiger partial charge in [-0.2, -0.15) is 0 Å². The fraction of sp³-hybridized carbons (Fsp3) is 0.100. The van der Waals surface area contributed by atoms with Crippen LogP contribution < -0.4 is 4.74 Å². The second kappa shape index (κ2) is 4.62. The van der Waals surface area contributed by atoms with Crippen molar-refractivity contribution in [1.82, 2.24) is 0 Å². The first-order chi connectivity index (χ1) is 11.3. The molecule has 2 aromatic carbocycles. The van der Waals surface area contributed by atoms with E-state index >= 15 is 0 Å². The van der Waals surface area contributed by atoms with Crippen LogP contribution in [-0.4, -0.2) is 0 Å². The van der Waals surface area contributed by atoms with E-state index in [-0.39, 0.29) is 5.41 Å². The molecule has 0 aromatic heterocycles. The molecule has 2 heterocycles. The summed E-state index contributed by atoms with van der Waals surface area (Å²) >= 11 is 3.54. The number of hydrogen-bond acceptors (Lipinski definition) is 2. The SMILES string of the molecule is Brc1cccc(C2=C3Oc4ccccc4C34CC=CC=C4O2)c1. The predicted octanol–water partition coefficient (Wildman–Crippen LogP) is 5.32. The molecule has 0 N–H and O–H groups in total. The first-order valence-corrected chi connectivity index (χ1v) is 8.41. The van der Waals surface area contributed by atoms with E-state index in [0.717, 1.165) is 39.5 Å². The number of benzene rings is 2. The van der Waals surface area contributed by atoms with Gasteiger partial charge in [0.2, 0.25) is 0 Å². The maximum absolute atomic E-state index is 6.26. The van der Waals surface area contributed by atoms with Crippen LogP contribution in [0.4, 0.5) is 0 Å². The second-order valence-electron chi connectivity index (χ2n) is 5.94. The highest BCUT2D eigenvalue weighted by Crippen LogP contribution is 2.60. The number of allylic oxidation sites excluding steroid dienone is 3. The standard InChI is InChI=1S/C20H13BrO2/c21-14-7-5-6-13(12-14)18-19-20(11-4-3-10-17(20)23-18)15-8-1-2-9-16(15)22-19/h1-10,12H,11H2. The van der Waals surface area contributed by atoms with Crippen LogP contribution in [0.2, 0.25) is 0 Å². The van der Waals surface area contributed by atoms with Gasteiger partial charge in [-0.25, -0.2) is 0 Å². The van der Waals surface area contributed by atoms with Gasteiger partial charge in [0.25, 0.3) is 0 Å². The average molecular weight is 365 g/mol. The first kappa shape index (κ1) is 13.2. The van der Waals surface area contributed by atoms with Gasteiger partial charge >= 0.3 is 0 Å². The van der Waals surface area contributed by atoms with Crippen LogP contribution >= 0.6 is 15.9 Å². The van der Waals surface area contributed by atoms with E-state index in [9.17, 15) is 0 Å². The molecular weight excluding hydrogens is 352 g/mol. The molecular formula is C20H13BrO2. The van der Waals surface area contributed by atoms with Gasteiger partial charge < -0.3 is 9.47 Å². The molecule has 0 radical (unpaired) electrons. The maximum atomic E-state index is 6.26. The van der Waals surface area contributed by atoms with Crippen LogP contribution in [0.5, 0.6) is 5.75 Å². The maximum Gasteiger partial charge on any atom is 0.173 e. The molecule has 3 heteroatoms. The molecule has 0 amide bonds. The molecule has 1 atom stereocenters. The summed E-state index contributed by atoms with van der Waals surface area (Å²) in [7, 11) is 0. The third kappa shape index (κ3) is 1.68. The largest absolute Gasteiger partial charge is 0.456 e. The molecule has 0 fully saturated rings. The average Bonchev–Trinajstić information content (AvgIpc) is 3.06. The molecule has 3 aliphatic rings. The smallest absolute Gasteiger partial charge is 0.173 e. The monoisotopic (exact) mass is 364 g/mol. The minimum atomic E-state index is -0.303. The molecule has 0 saturated heterocycles. The second-order valence-corrected chi connectivity index (χ2v) is 6.85. The van der Waals surface area contributed by atoms with Crippen LogP contribution in [0.1, 0.15) is 17.5 Å². The quantitative estimate of drug-likeness (QED) is 0.681. The van der Waals surface area contributed by atoms with E-state index < -0.39 is 0 Å². The number of ether oxygens (including phenoxy) is 2. The van der Waals surface area contributed by atoms with Crippen molar-refractivity contribution in [2.45, 2.75) is 11.8 Å². The Morgan fingerprint density at radius 1 is 1.00 bits per heavy atom. The molecule has 2 aliphatic heterocycles. The van der Waals surface area contributed by atoms with Crippen molar-refractivity contribution in [3.63, 3.8) is 0 Å². The Labute approximate surface area is 142 Å². The minimum Gasteiger partial charge on any atom is -0.456 e. The van der Waals surface area contributed by atoms with Crippen molar-refractivity contribution in [3.8, 4) is 5.75 Å². The summed E-state index contributed by atoms with van der Waals surface area (Å²) in [6, 6.07) is 16.4. The van der Waals surface area contributed by atoms with Crippen molar-refractivity contribution in [3.05, 3.63) is 93.9 Å². The van der Waals surface area contributed by atoms with Crippen molar-refractivity contribution in [2.24, 2.45) is 0 Å².